The second-order valence-corrected chi connectivity index (χ2v) is 5.63. The first kappa shape index (κ1) is 13.6. The van der Waals surface area contributed by atoms with Crippen LogP contribution in [-0.4, -0.2) is 18.0 Å². The van der Waals surface area contributed by atoms with Crippen LogP contribution >= 0.6 is 11.3 Å². The second kappa shape index (κ2) is 5.54. The number of rotatable bonds is 3. The number of methoxy groups -OCH3 is 1. The summed E-state index contributed by atoms with van der Waals surface area (Å²) in [6, 6.07) is 13.1. The van der Waals surface area contributed by atoms with Crippen LogP contribution < -0.4 is 10.1 Å². The maximum absolute atomic E-state index is 12.3. The zero-order chi connectivity index (χ0) is 14.8. The second-order valence-electron chi connectivity index (χ2n) is 4.60. The molecule has 5 heteroatoms. The number of nitrogens with one attached hydrogen (secondary N) is 1. The fourth-order valence-corrected chi connectivity index (χ4v) is 3.08. The SMILES string of the molecule is COc1ccccc1C(=O)Nc1nc2c(C)cccc2s1. The van der Waals surface area contributed by atoms with Gasteiger partial charge in [0.05, 0.1) is 22.9 Å². The Hall–Kier alpha value is -2.40. The molecule has 0 fully saturated rings. The van der Waals surface area contributed by atoms with E-state index in [-0.39, 0.29) is 5.91 Å². The Bertz CT molecular complexity index is 811. The van der Waals surface area contributed by atoms with Crippen molar-refractivity contribution < 1.29 is 9.53 Å². The molecule has 1 N–H and O–H groups in total. The smallest absolute Gasteiger partial charge is 0.261 e. The fraction of sp³-hybridized carbons (Fsp3) is 0.125. The minimum atomic E-state index is -0.218. The molecule has 0 unspecified atom stereocenters. The molecule has 2 aromatic carbocycles. The lowest BCUT2D eigenvalue weighted by molar-refractivity contribution is 0.102. The largest absolute Gasteiger partial charge is 0.496 e. The first-order chi connectivity index (χ1) is 10.2. The van der Waals surface area contributed by atoms with Crippen LogP contribution in [0.25, 0.3) is 10.2 Å². The van der Waals surface area contributed by atoms with E-state index in [4.69, 9.17) is 4.74 Å². The first-order valence-electron chi connectivity index (χ1n) is 6.49. The van der Waals surface area contributed by atoms with E-state index in [0.717, 1.165) is 15.8 Å². The summed E-state index contributed by atoms with van der Waals surface area (Å²) in [5, 5.41) is 3.43. The number of amides is 1. The highest BCUT2D eigenvalue weighted by molar-refractivity contribution is 7.22. The van der Waals surface area contributed by atoms with Gasteiger partial charge in [0, 0.05) is 0 Å². The van der Waals surface area contributed by atoms with Gasteiger partial charge >= 0.3 is 0 Å². The predicted octanol–water partition coefficient (Wildman–Crippen LogP) is 3.87. The van der Waals surface area contributed by atoms with Crippen molar-refractivity contribution in [2.45, 2.75) is 6.92 Å². The summed E-state index contributed by atoms with van der Waals surface area (Å²) < 4.78 is 6.26. The van der Waals surface area contributed by atoms with E-state index >= 15 is 0 Å². The lowest BCUT2D eigenvalue weighted by atomic mass is 10.2. The molecule has 3 aromatic rings. The van der Waals surface area contributed by atoms with Gasteiger partial charge in [-0.1, -0.05) is 35.6 Å². The number of carbonyl (C=O) groups excluding carboxylic acids is 1. The van der Waals surface area contributed by atoms with Crippen LogP contribution in [0.5, 0.6) is 5.75 Å². The maximum Gasteiger partial charge on any atom is 0.261 e. The quantitative estimate of drug-likeness (QED) is 0.798. The number of carbonyl (C=O) groups is 1. The molecular formula is C16H14N2O2S. The zero-order valence-corrected chi connectivity index (χ0v) is 12.5. The Morgan fingerprint density at radius 1 is 1.19 bits per heavy atom. The molecule has 0 saturated carbocycles. The molecule has 4 nitrogen and oxygen atoms in total. The van der Waals surface area contributed by atoms with Crippen LogP contribution in [-0.2, 0) is 0 Å². The van der Waals surface area contributed by atoms with Gasteiger partial charge in [-0.15, -0.1) is 0 Å². The molecule has 0 radical (unpaired) electrons. The molecule has 1 heterocycles. The number of hydrogen-bond acceptors (Lipinski definition) is 4. The van der Waals surface area contributed by atoms with Gasteiger partial charge in [-0.05, 0) is 30.7 Å². The molecule has 106 valence electrons. The lowest BCUT2D eigenvalue weighted by Crippen LogP contribution is -2.12. The molecule has 21 heavy (non-hydrogen) atoms. The summed E-state index contributed by atoms with van der Waals surface area (Å²) in [7, 11) is 1.55. The highest BCUT2D eigenvalue weighted by Gasteiger charge is 2.14. The summed E-state index contributed by atoms with van der Waals surface area (Å²) in [6.07, 6.45) is 0. The number of anilines is 1. The van der Waals surface area contributed by atoms with Crippen LogP contribution in [0.15, 0.2) is 42.5 Å². The minimum absolute atomic E-state index is 0.218. The van der Waals surface area contributed by atoms with Gasteiger partial charge in [0.1, 0.15) is 5.75 Å². The highest BCUT2D eigenvalue weighted by Crippen LogP contribution is 2.28. The Labute approximate surface area is 126 Å². The maximum atomic E-state index is 12.3. The van der Waals surface area contributed by atoms with Gasteiger partial charge in [-0.3, -0.25) is 10.1 Å². The summed E-state index contributed by atoms with van der Waals surface area (Å²) in [6.45, 7) is 2.01. The normalized spacial score (nSPS) is 10.6. The third-order valence-corrected chi connectivity index (χ3v) is 4.13. The van der Waals surface area contributed by atoms with Gasteiger partial charge in [0.2, 0.25) is 0 Å². The van der Waals surface area contributed by atoms with Crippen molar-refractivity contribution in [3.05, 3.63) is 53.6 Å². The fourth-order valence-electron chi connectivity index (χ4n) is 2.14. The number of aryl methyl sites for hydroxylation is 1. The van der Waals surface area contributed by atoms with Gasteiger partial charge in [0.15, 0.2) is 5.13 Å². The third kappa shape index (κ3) is 2.60. The third-order valence-electron chi connectivity index (χ3n) is 3.19. The number of benzene rings is 2. The number of para-hydroxylation sites is 2. The Balaban J connectivity index is 1.91. The van der Waals surface area contributed by atoms with E-state index in [0.29, 0.717) is 16.4 Å². The van der Waals surface area contributed by atoms with E-state index < -0.39 is 0 Å². The first-order valence-corrected chi connectivity index (χ1v) is 7.31. The number of nitrogens with zero attached hydrogens (tertiary/aromatic N) is 1. The number of fused-ring (bicyclic) bond motifs is 1. The molecule has 1 amide bonds. The number of thiazole rings is 1. The molecular weight excluding hydrogens is 284 g/mol. The van der Waals surface area contributed by atoms with Crippen molar-refractivity contribution in [2.24, 2.45) is 0 Å². The van der Waals surface area contributed by atoms with Gasteiger partial charge < -0.3 is 4.74 Å². The van der Waals surface area contributed by atoms with Gasteiger partial charge in [-0.2, -0.15) is 0 Å². The van der Waals surface area contributed by atoms with Crippen molar-refractivity contribution in [3.63, 3.8) is 0 Å². The van der Waals surface area contributed by atoms with Crippen molar-refractivity contribution in [3.8, 4) is 5.75 Å². The van der Waals surface area contributed by atoms with E-state index in [2.05, 4.69) is 10.3 Å². The molecule has 0 atom stereocenters. The predicted molar refractivity (Wildman–Crippen MR) is 85.3 cm³/mol. The number of aromatic nitrogens is 1. The van der Waals surface area contributed by atoms with E-state index in [1.807, 2.05) is 31.2 Å². The Kier molecular flexibility index (Phi) is 3.58. The monoisotopic (exact) mass is 298 g/mol. The Morgan fingerprint density at radius 2 is 2.00 bits per heavy atom. The van der Waals surface area contributed by atoms with Crippen LogP contribution in [0.4, 0.5) is 5.13 Å². The topological polar surface area (TPSA) is 51.2 Å². The van der Waals surface area contributed by atoms with Gasteiger partial charge in [-0.25, -0.2) is 4.98 Å². The van der Waals surface area contributed by atoms with Crippen molar-refractivity contribution in [1.29, 1.82) is 0 Å². The van der Waals surface area contributed by atoms with Gasteiger partial charge in [0.25, 0.3) is 5.91 Å². The standard InChI is InChI=1S/C16H14N2O2S/c1-10-6-5-9-13-14(10)17-16(21-13)18-15(19)11-7-3-4-8-12(11)20-2/h3-9H,1-2H3,(H,17,18,19). The van der Waals surface area contributed by atoms with E-state index in [9.17, 15) is 4.79 Å². The summed E-state index contributed by atoms with van der Waals surface area (Å²) in [5.74, 6) is 0.330. The van der Waals surface area contributed by atoms with Crippen LogP contribution in [0, 0.1) is 6.92 Å². The molecule has 0 aliphatic carbocycles. The summed E-state index contributed by atoms with van der Waals surface area (Å²) in [5.41, 5.74) is 2.52. The molecule has 3 rings (SSSR count). The van der Waals surface area contributed by atoms with E-state index in [1.165, 1.54) is 11.3 Å². The van der Waals surface area contributed by atoms with Crippen LogP contribution in [0.1, 0.15) is 15.9 Å². The summed E-state index contributed by atoms with van der Waals surface area (Å²) in [4.78, 5) is 16.8. The average molecular weight is 298 g/mol. The van der Waals surface area contributed by atoms with Crippen LogP contribution in [0.3, 0.4) is 0 Å². The molecule has 0 aliphatic heterocycles. The van der Waals surface area contributed by atoms with Crippen molar-refractivity contribution in [1.82, 2.24) is 4.98 Å². The highest BCUT2D eigenvalue weighted by atomic mass is 32.1. The zero-order valence-electron chi connectivity index (χ0n) is 11.7. The van der Waals surface area contributed by atoms with Crippen molar-refractivity contribution in [2.75, 3.05) is 12.4 Å². The molecule has 1 aromatic heterocycles. The van der Waals surface area contributed by atoms with Crippen LogP contribution in [0.2, 0.25) is 0 Å². The van der Waals surface area contributed by atoms with Crippen molar-refractivity contribution >= 4 is 32.6 Å². The number of ether oxygens (including phenoxy) is 1. The van der Waals surface area contributed by atoms with E-state index in [1.54, 1.807) is 25.3 Å². The minimum Gasteiger partial charge on any atom is -0.496 e. The molecule has 0 aliphatic rings. The molecule has 0 saturated heterocycles. The Morgan fingerprint density at radius 3 is 2.76 bits per heavy atom. The summed E-state index contributed by atoms with van der Waals surface area (Å²) >= 11 is 1.46. The molecule has 0 bridgehead atoms. The number of hydrogen-bond donors (Lipinski definition) is 1. The average Bonchev–Trinajstić information content (AvgIpc) is 2.91. The molecule has 0 spiro atoms. The lowest BCUT2D eigenvalue weighted by Gasteiger charge is -2.06.